The molecule has 0 saturated carbocycles. The number of benzene rings is 2. The van der Waals surface area contributed by atoms with Crippen LogP contribution in [0.25, 0.3) is 22.2 Å². The number of rotatable bonds is 3. The van der Waals surface area contributed by atoms with Crippen LogP contribution in [0.1, 0.15) is 25.3 Å². The Kier molecular flexibility index (Phi) is 3.98. The van der Waals surface area contributed by atoms with Gasteiger partial charge in [0.1, 0.15) is 16.8 Å². The first kappa shape index (κ1) is 17.4. The molecule has 0 bridgehead atoms. The van der Waals surface area contributed by atoms with Crippen molar-refractivity contribution in [2.24, 2.45) is 0 Å². The number of hydrogen-bond acceptors (Lipinski definition) is 5. The molecule has 0 radical (unpaired) electrons. The molecule has 2 aliphatic heterocycles. The molecule has 2 aliphatic rings. The number of ether oxygens (including phenoxy) is 1. The van der Waals surface area contributed by atoms with Gasteiger partial charge < -0.3 is 25.0 Å². The Morgan fingerprint density at radius 3 is 2.75 bits per heavy atom. The average Bonchev–Trinajstić information content (AvgIpc) is 3.34. The van der Waals surface area contributed by atoms with E-state index in [0.717, 1.165) is 67.2 Å². The molecular formula is C22H26N4O2. The van der Waals surface area contributed by atoms with Crippen LogP contribution >= 0.6 is 0 Å². The third kappa shape index (κ3) is 2.79. The lowest BCUT2D eigenvalue weighted by atomic mass is 9.94. The third-order valence-electron chi connectivity index (χ3n) is 6.11. The molecule has 28 heavy (non-hydrogen) atoms. The maximum absolute atomic E-state index is 10.3. The monoisotopic (exact) mass is 378 g/mol. The largest absolute Gasteiger partial charge is 0.494 e. The predicted molar refractivity (Wildman–Crippen MR) is 112 cm³/mol. The van der Waals surface area contributed by atoms with Crippen LogP contribution in [0.3, 0.4) is 0 Å². The van der Waals surface area contributed by atoms with E-state index in [2.05, 4.69) is 39.5 Å². The van der Waals surface area contributed by atoms with E-state index < -0.39 is 5.60 Å². The second kappa shape index (κ2) is 6.41. The highest BCUT2D eigenvalue weighted by Gasteiger charge is 2.29. The first-order valence-electron chi connectivity index (χ1n) is 9.96. The molecular weight excluding hydrogens is 352 g/mol. The smallest absolute Gasteiger partial charge is 0.203 e. The summed E-state index contributed by atoms with van der Waals surface area (Å²) in [6, 6.07) is 10.5. The maximum atomic E-state index is 10.3. The summed E-state index contributed by atoms with van der Waals surface area (Å²) in [7, 11) is 1.69. The Bertz CT molecular complexity index is 1030. The number of imidazole rings is 1. The Morgan fingerprint density at radius 2 is 1.96 bits per heavy atom. The molecule has 2 aromatic carbocycles. The van der Waals surface area contributed by atoms with Crippen LogP contribution < -0.4 is 15.0 Å². The van der Waals surface area contributed by atoms with Gasteiger partial charge in [-0.1, -0.05) is 12.1 Å². The standard InChI is InChI=1S/C22H26N4O2/c1-22(27)9-12-26(13-10-22)21-24-19-16(6-7-18(28-2)20(19)25-21)14-4-3-5-17-15(14)8-11-23-17/h3-7,23,27H,8-13H2,1-2H3,(H,24,25). The van der Waals surface area contributed by atoms with Gasteiger partial charge in [-0.15, -0.1) is 0 Å². The number of fused-ring (bicyclic) bond motifs is 2. The van der Waals surface area contributed by atoms with Gasteiger partial charge in [0.05, 0.1) is 12.7 Å². The van der Waals surface area contributed by atoms with Crippen molar-refractivity contribution >= 4 is 22.7 Å². The van der Waals surface area contributed by atoms with E-state index >= 15 is 0 Å². The molecule has 0 amide bonds. The van der Waals surface area contributed by atoms with E-state index in [4.69, 9.17) is 9.72 Å². The number of H-pyrrole nitrogens is 1. The van der Waals surface area contributed by atoms with E-state index in [0.29, 0.717) is 0 Å². The highest BCUT2D eigenvalue weighted by molar-refractivity contribution is 5.98. The number of anilines is 2. The van der Waals surface area contributed by atoms with Crippen molar-refractivity contribution in [2.75, 3.05) is 37.0 Å². The molecule has 0 atom stereocenters. The molecule has 3 N–H and O–H groups in total. The van der Waals surface area contributed by atoms with Crippen LogP contribution in [0.2, 0.25) is 0 Å². The molecule has 1 aromatic heterocycles. The van der Waals surface area contributed by atoms with Crippen molar-refractivity contribution in [1.29, 1.82) is 0 Å². The lowest BCUT2D eigenvalue weighted by molar-refractivity contribution is 0.0349. The summed E-state index contributed by atoms with van der Waals surface area (Å²) in [5.41, 5.74) is 6.21. The second-order valence-electron chi connectivity index (χ2n) is 8.09. The van der Waals surface area contributed by atoms with Gasteiger partial charge in [0.25, 0.3) is 0 Å². The highest BCUT2D eigenvalue weighted by atomic mass is 16.5. The van der Waals surface area contributed by atoms with Crippen molar-refractivity contribution in [3.05, 3.63) is 35.9 Å². The van der Waals surface area contributed by atoms with Gasteiger partial charge in [-0.3, -0.25) is 0 Å². The van der Waals surface area contributed by atoms with Gasteiger partial charge in [-0.2, -0.15) is 0 Å². The first-order chi connectivity index (χ1) is 13.6. The molecule has 5 rings (SSSR count). The van der Waals surface area contributed by atoms with Crippen molar-refractivity contribution in [2.45, 2.75) is 31.8 Å². The lowest BCUT2D eigenvalue weighted by Gasteiger charge is -2.35. The summed E-state index contributed by atoms with van der Waals surface area (Å²) in [5.74, 6) is 1.65. The second-order valence-corrected chi connectivity index (χ2v) is 8.09. The molecule has 146 valence electrons. The normalized spacial score (nSPS) is 18.2. The van der Waals surface area contributed by atoms with Gasteiger partial charge in [-0.25, -0.2) is 4.98 Å². The third-order valence-corrected chi connectivity index (χ3v) is 6.11. The number of hydrogen-bond donors (Lipinski definition) is 3. The van der Waals surface area contributed by atoms with Gasteiger partial charge in [-0.05, 0) is 55.5 Å². The summed E-state index contributed by atoms with van der Waals surface area (Å²) in [6.07, 6.45) is 2.51. The topological polar surface area (TPSA) is 73.4 Å². The van der Waals surface area contributed by atoms with Crippen molar-refractivity contribution in [3.8, 4) is 16.9 Å². The Labute approximate surface area is 164 Å². The predicted octanol–water partition coefficient (Wildman–Crippen LogP) is 3.56. The zero-order valence-electron chi connectivity index (χ0n) is 16.4. The van der Waals surface area contributed by atoms with Crippen molar-refractivity contribution in [1.82, 2.24) is 9.97 Å². The van der Waals surface area contributed by atoms with Crippen LogP contribution in [-0.4, -0.2) is 47.4 Å². The van der Waals surface area contributed by atoms with E-state index in [1.807, 2.05) is 13.0 Å². The molecule has 0 spiro atoms. The van der Waals surface area contributed by atoms with E-state index in [-0.39, 0.29) is 0 Å². The number of nitrogens with one attached hydrogen (secondary N) is 2. The summed E-state index contributed by atoms with van der Waals surface area (Å²) < 4.78 is 5.60. The van der Waals surface area contributed by atoms with Crippen molar-refractivity contribution in [3.63, 3.8) is 0 Å². The van der Waals surface area contributed by atoms with Crippen LogP contribution in [0.15, 0.2) is 30.3 Å². The summed E-state index contributed by atoms with van der Waals surface area (Å²) >= 11 is 0. The van der Waals surface area contributed by atoms with Gasteiger partial charge >= 0.3 is 0 Å². The van der Waals surface area contributed by atoms with E-state index in [9.17, 15) is 5.11 Å². The minimum absolute atomic E-state index is 0.580. The van der Waals surface area contributed by atoms with E-state index in [1.165, 1.54) is 16.8 Å². The van der Waals surface area contributed by atoms with E-state index in [1.54, 1.807) is 7.11 Å². The molecule has 6 nitrogen and oxygen atoms in total. The Hall–Kier alpha value is -2.73. The lowest BCUT2D eigenvalue weighted by Crippen LogP contribution is -2.42. The highest BCUT2D eigenvalue weighted by Crippen LogP contribution is 2.39. The number of aromatic amines is 1. The van der Waals surface area contributed by atoms with Gasteiger partial charge in [0.2, 0.25) is 5.95 Å². The number of nitrogens with zero attached hydrogens (tertiary/aromatic N) is 2. The first-order valence-corrected chi connectivity index (χ1v) is 9.96. The summed E-state index contributed by atoms with van der Waals surface area (Å²) in [5, 5.41) is 13.7. The summed E-state index contributed by atoms with van der Waals surface area (Å²) in [6.45, 7) is 4.46. The molecule has 3 heterocycles. The molecule has 1 saturated heterocycles. The number of piperidine rings is 1. The molecule has 1 fully saturated rings. The fraction of sp³-hybridized carbons (Fsp3) is 0.409. The number of methoxy groups -OCH3 is 1. The fourth-order valence-corrected chi connectivity index (χ4v) is 4.39. The van der Waals surface area contributed by atoms with Crippen molar-refractivity contribution < 1.29 is 9.84 Å². The Morgan fingerprint density at radius 1 is 1.14 bits per heavy atom. The maximum Gasteiger partial charge on any atom is 0.203 e. The van der Waals surface area contributed by atoms with Gasteiger partial charge in [0.15, 0.2) is 0 Å². The zero-order valence-corrected chi connectivity index (χ0v) is 16.4. The van der Waals surface area contributed by atoms with Gasteiger partial charge in [0, 0.05) is 30.9 Å². The molecule has 0 unspecified atom stereocenters. The fourth-order valence-electron chi connectivity index (χ4n) is 4.39. The SMILES string of the molecule is COc1ccc(-c2cccc3c2CCN3)c2nc(N3CCC(C)(O)CC3)[nH]c12. The number of aromatic nitrogens is 2. The number of aliphatic hydroxyl groups is 1. The minimum atomic E-state index is -0.580. The molecule has 0 aliphatic carbocycles. The van der Waals surface area contributed by atoms with Crippen LogP contribution in [0.5, 0.6) is 5.75 Å². The quantitative estimate of drug-likeness (QED) is 0.650. The van der Waals surface area contributed by atoms with Crippen LogP contribution in [-0.2, 0) is 6.42 Å². The zero-order chi connectivity index (χ0) is 19.3. The molecule has 6 heteroatoms. The summed E-state index contributed by atoms with van der Waals surface area (Å²) in [4.78, 5) is 10.7. The minimum Gasteiger partial charge on any atom is -0.494 e. The average molecular weight is 378 g/mol. The van der Waals surface area contributed by atoms with Crippen LogP contribution in [0.4, 0.5) is 11.6 Å². The van der Waals surface area contributed by atoms with Crippen LogP contribution in [0, 0.1) is 0 Å². The molecule has 3 aromatic rings. The Balaban J connectivity index is 1.62.